The lowest BCUT2D eigenvalue weighted by Gasteiger charge is -2.34. The van der Waals surface area contributed by atoms with Gasteiger partial charge in [-0.05, 0) is 18.7 Å². The predicted octanol–water partition coefficient (Wildman–Crippen LogP) is 2.53. The van der Waals surface area contributed by atoms with Crippen molar-refractivity contribution in [1.29, 1.82) is 0 Å². The summed E-state index contributed by atoms with van der Waals surface area (Å²) in [4.78, 5) is 28.8. The molecule has 1 aliphatic heterocycles. The van der Waals surface area contributed by atoms with E-state index in [4.69, 9.17) is 11.6 Å². The van der Waals surface area contributed by atoms with Gasteiger partial charge >= 0.3 is 0 Å². The summed E-state index contributed by atoms with van der Waals surface area (Å²) in [6.07, 6.45) is 0.560. The van der Waals surface area contributed by atoms with Crippen molar-refractivity contribution < 1.29 is 9.59 Å². The van der Waals surface area contributed by atoms with Crippen molar-refractivity contribution in [3.8, 4) is 0 Å². The Morgan fingerprint density at radius 2 is 1.90 bits per heavy atom. The van der Waals surface area contributed by atoms with Crippen LogP contribution < -0.4 is 0 Å². The zero-order valence-electron chi connectivity index (χ0n) is 11.6. The Morgan fingerprint density at radius 1 is 1.20 bits per heavy atom. The number of halogens is 1. The summed E-state index contributed by atoms with van der Waals surface area (Å²) < 4.78 is 0.607. The number of nitrogens with zero attached hydrogens (tertiary/aromatic N) is 2. The normalized spacial score (nSPS) is 16.4. The highest BCUT2D eigenvalue weighted by Gasteiger charge is 2.21. The first-order chi connectivity index (χ1) is 9.60. The van der Waals surface area contributed by atoms with Crippen LogP contribution in [-0.4, -0.2) is 54.2 Å². The number of hydrogen-bond acceptors (Lipinski definition) is 4. The standard InChI is InChI=1S/C14H19ClN2O2S/c1-2-16-7-9-17(10-8-16)14(19)6-3-11(18)12-4-5-13(15)20-12/h4-5H,2-3,6-10H2,1H3. The number of hydrogen-bond donors (Lipinski definition) is 0. The average molecular weight is 315 g/mol. The summed E-state index contributed by atoms with van der Waals surface area (Å²) in [5.74, 6) is 0.0826. The number of ketones is 1. The van der Waals surface area contributed by atoms with Gasteiger partial charge in [0.15, 0.2) is 5.78 Å². The van der Waals surface area contributed by atoms with Crippen molar-refractivity contribution in [3.63, 3.8) is 0 Å². The molecular formula is C14H19ClN2O2S. The van der Waals surface area contributed by atoms with Gasteiger partial charge in [0.05, 0.1) is 9.21 Å². The number of carbonyl (C=O) groups excluding carboxylic acids is 2. The van der Waals surface area contributed by atoms with Gasteiger partial charge in [0, 0.05) is 39.0 Å². The van der Waals surface area contributed by atoms with E-state index in [1.165, 1.54) is 11.3 Å². The molecule has 0 aromatic carbocycles. The van der Waals surface area contributed by atoms with Gasteiger partial charge in [0.1, 0.15) is 0 Å². The molecular weight excluding hydrogens is 296 g/mol. The topological polar surface area (TPSA) is 40.6 Å². The first kappa shape index (κ1) is 15.5. The number of Topliss-reactive ketones (excluding diaryl/α,β-unsaturated/α-hetero) is 1. The van der Waals surface area contributed by atoms with Crippen LogP contribution in [0.4, 0.5) is 0 Å². The second-order valence-electron chi connectivity index (χ2n) is 4.84. The number of carbonyl (C=O) groups is 2. The van der Waals surface area contributed by atoms with Gasteiger partial charge in [-0.1, -0.05) is 18.5 Å². The van der Waals surface area contributed by atoms with E-state index in [0.29, 0.717) is 15.6 Å². The molecule has 1 aromatic heterocycles. The second kappa shape index (κ2) is 7.20. The lowest BCUT2D eigenvalue weighted by atomic mass is 10.1. The first-order valence-corrected chi connectivity index (χ1v) is 8.08. The molecule has 1 aromatic rings. The van der Waals surface area contributed by atoms with Crippen LogP contribution in [0.15, 0.2) is 12.1 Å². The van der Waals surface area contributed by atoms with Gasteiger partial charge in [0.25, 0.3) is 0 Å². The maximum absolute atomic E-state index is 12.1. The van der Waals surface area contributed by atoms with Crippen molar-refractivity contribution in [1.82, 2.24) is 9.80 Å². The molecule has 0 saturated carbocycles. The van der Waals surface area contributed by atoms with E-state index in [-0.39, 0.29) is 18.1 Å². The Morgan fingerprint density at radius 3 is 2.45 bits per heavy atom. The van der Waals surface area contributed by atoms with Crippen LogP contribution in [0.25, 0.3) is 0 Å². The Hall–Kier alpha value is -0.910. The molecule has 6 heteroatoms. The van der Waals surface area contributed by atoms with Crippen molar-refractivity contribution in [3.05, 3.63) is 21.3 Å². The third-order valence-electron chi connectivity index (χ3n) is 3.59. The van der Waals surface area contributed by atoms with Crippen LogP contribution in [0.5, 0.6) is 0 Å². The molecule has 2 rings (SSSR count). The van der Waals surface area contributed by atoms with Gasteiger partial charge in [-0.3, -0.25) is 9.59 Å². The zero-order valence-corrected chi connectivity index (χ0v) is 13.2. The summed E-state index contributed by atoms with van der Waals surface area (Å²) in [7, 11) is 0. The van der Waals surface area contributed by atoms with Crippen LogP contribution in [-0.2, 0) is 4.79 Å². The van der Waals surface area contributed by atoms with Gasteiger partial charge in [-0.15, -0.1) is 11.3 Å². The lowest BCUT2D eigenvalue weighted by Crippen LogP contribution is -2.48. The Bertz CT molecular complexity index is 481. The maximum atomic E-state index is 12.1. The monoisotopic (exact) mass is 314 g/mol. The van der Waals surface area contributed by atoms with Gasteiger partial charge in [0.2, 0.25) is 5.91 Å². The molecule has 110 valence electrons. The van der Waals surface area contributed by atoms with E-state index in [1.54, 1.807) is 12.1 Å². The Labute approximate surface area is 128 Å². The van der Waals surface area contributed by atoms with E-state index in [1.807, 2.05) is 4.90 Å². The summed E-state index contributed by atoms with van der Waals surface area (Å²) in [6.45, 7) is 6.55. The summed E-state index contributed by atoms with van der Waals surface area (Å²) in [5, 5.41) is 0. The minimum Gasteiger partial charge on any atom is -0.340 e. The van der Waals surface area contributed by atoms with Crippen molar-refractivity contribution >= 4 is 34.6 Å². The van der Waals surface area contributed by atoms with Crippen molar-refractivity contribution in [2.24, 2.45) is 0 Å². The molecule has 0 unspecified atom stereocenters. The molecule has 2 heterocycles. The molecule has 0 N–H and O–H groups in total. The largest absolute Gasteiger partial charge is 0.340 e. The first-order valence-electron chi connectivity index (χ1n) is 6.89. The molecule has 1 fully saturated rings. The highest BCUT2D eigenvalue weighted by Crippen LogP contribution is 2.23. The fourth-order valence-electron chi connectivity index (χ4n) is 2.28. The number of thiophene rings is 1. The van der Waals surface area contributed by atoms with E-state index in [9.17, 15) is 9.59 Å². The van der Waals surface area contributed by atoms with E-state index in [0.717, 1.165) is 32.7 Å². The minimum atomic E-state index is 0.00226. The Kier molecular flexibility index (Phi) is 5.57. The highest BCUT2D eigenvalue weighted by atomic mass is 35.5. The molecule has 4 nitrogen and oxygen atoms in total. The smallest absolute Gasteiger partial charge is 0.223 e. The van der Waals surface area contributed by atoms with Gasteiger partial charge in [-0.2, -0.15) is 0 Å². The molecule has 20 heavy (non-hydrogen) atoms. The van der Waals surface area contributed by atoms with Crippen LogP contribution in [0, 0.1) is 0 Å². The van der Waals surface area contributed by atoms with Gasteiger partial charge < -0.3 is 9.80 Å². The van der Waals surface area contributed by atoms with Crippen LogP contribution in [0.3, 0.4) is 0 Å². The molecule has 0 radical (unpaired) electrons. The maximum Gasteiger partial charge on any atom is 0.223 e. The molecule has 1 saturated heterocycles. The van der Waals surface area contributed by atoms with E-state index >= 15 is 0 Å². The molecule has 0 aliphatic carbocycles. The summed E-state index contributed by atoms with van der Waals surface area (Å²) in [6, 6.07) is 3.44. The minimum absolute atomic E-state index is 0.00226. The van der Waals surface area contributed by atoms with Gasteiger partial charge in [-0.25, -0.2) is 0 Å². The number of piperazine rings is 1. The number of amides is 1. The van der Waals surface area contributed by atoms with Crippen LogP contribution >= 0.6 is 22.9 Å². The SMILES string of the molecule is CCN1CCN(C(=O)CCC(=O)c2ccc(Cl)s2)CC1. The molecule has 0 bridgehead atoms. The second-order valence-corrected chi connectivity index (χ2v) is 6.56. The molecule has 0 atom stereocenters. The summed E-state index contributed by atoms with van der Waals surface area (Å²) >= 11 is 7.07. The van der Waals surface area contributed by atoms with Crippen molar-refractivity contribution in [2.75, 3.05) is 32.7 Å². The molecule has 1 amide bonds. The summed E-state index contributed by atoms with van der Waals surface area (Å²) in [5.41, 5.74) is 0. The quantitative estimate of drug-likeness (QED) is 0.784. The average Bonchev–Trinajstić information content (AvgIpc) is 2.91. The van der Waals surface area contributed by atoms with Crippen molar-refractivity contribution in [2.45, 2.75) is 19.8 Å². The fourth-order valence-corrected chi connectivity index (χ4v) is 3.29. The number of rotatable bonds is 5. The third-order valence-corrected chi connectivity index (χ3v) is 4.86. The zero-order chi connectivity index (χ0) is 14.5. The molecule has 1 aliphatic rings. The number of likely N-dealkylation sites (N-methyl/N-ethyl adjacent to an activating group) is 1. The lowest BCUT2D eigenvalue weighted by molar-refractivity contribution is -0.132. The van der Waals surface area contributed by atoms with E-state index < -0.39 is 0 Å². The molecule has 0 spiro atoms. The Balaban J connectivity index is 1.76. The highest BCUT2D eigenvalue weighted by molar-refractivity contribution is 7.18. The van der Waals surface area contributed by atoms with E-state index in [2.05, 4.69) is 11.8 Å². The fraction of sp³-hybridized carbons (Fsp3) is 0.571. The third kappa shape index (κ3) is 4.04. The predicted molar refractivity (Wildman–Crippen MR) is 81.6 cm³/mol. The van der Waals surface area contributed by atoms with Crippen LogP contribution in [0.1, 0.15) is 29.4 Å². The van der Waals surface area contributed by atoms with Crippen LogP contribution in [0.2, 0.25) is 4.34 Å².